The number of nitrogens with one attached hydrogen (secondary N) is 1. The zero-order chi connectivity index (χ0) is 18.7. The second-order valence-corrected chi connectivity index (χ2v) is 10.3. The molecule has 0 bridgehead atoms. The zero-order valence-electron chi connectivity index (χ0n) is 16.0. The molecular formula is C19H29N3O2S2. The molecule has 7 heteroatoms. The topological polar surface area (TPSA) is 62.3 Å². The van der Waals surface area contributed by atoms with Gasteiger partial charge in [0.1, 0.15) is 6.04 Å². The minimum Gasteiger partial charge on any atom is -0.354 e. The third kappa shape index (κ3) is 4.60. The first-order valence-electron chi connectivity index (χ1n) is 9.50. The minimum atomic E-state index is -0.451. The van der Waals surface area contributed by atoms with Crippen LogP contribution in [0.25, 0.3) is 0 Å². The van der Waals surface area contributed by atoms with E-state index in [2.05, 4.69) is 5.32 Å². The molecule has 1 N–H and O–H groups in total. The number of fused-ring (bicyclic) bond motifs is 1. The molecule has 3 rings (SSSR count). The molecule has 2 heterocycles. The largest absolute Gasteiger partial charge is 0.354 e. The molecule has 1 atom stereocenters. The van der Waals surface area contributed by atoms with Crippen LogP contribution in [0.4, 0.5) is 0 Å². The summed E-state index contributed by atoms with van der Waals surface area (Å²) in [5, 5.41) is 4.22. The van der Waals surface area contributed by atoms with Gasteiger partial charge in [-0.1, -0.05) is 20.8 Å². The maximum Gasteiger partial charge on any atom is 0.243 e. The van der Waals surface area contributed by atoms with E-state index < -0.39 is 5.41 Å². The second kappa shape index (κ2) is 8.30. The fourth-order valence-electron chi connectivity index (χ4n) is 3.37. The van der Waals surface area contributed by atoms with Crippen molar-refractivity contribution in [3.8, 4) is 0 Å². The molecule has 2 amide bonds. The highest BCUT2D eigenvalue weighted by molar-refractivity contribution is 7.99. The molecule has 0 radical (unpaired) electrons. The summed E-state index contributed by atoms with van der Waals surface area (Å²) >= 11 is 3.50. The fourth-order valence-corrected chi connectivity index (χ4v) is 5.72. The third-order valence-corrected chi connectivity index (χ3v) is 7.07. The van der Waals surface area contributed by atoms with Crippen molar-refractivity contribution in [2.24, 2.45) is 5.41 Å². The summed E-state index contributed by atoms with van der Waals surface area (Å²) < 4.78 is 0. The number of thioether (sulfide) groups is 1. The van der Waals surface area contributed by atoms with Gasteiger partial charge in [0.15, 0.2) is 0 Å². The van der Waals surface area contributed by atoms with Gasteiger partial charge in [-0.3, -0.25) is 9.59 Å². The van der Waals surface area contributed by atoms with Gasteiger partial charge in [-0.2, -0.15) is 0 Å². The van der Waals surface area contributed by atoms with Crippen molar-refractivity contribution < 1.29 is 9.59 Å². The summed E-state index contributed by atoms with van der Waals surface area (Å²) in [6.07, 6.45) is 6.66. The van der Waals surface area contributed by atoms with Crippen molar-refractivity contribution in [3.05, 3.63) is 15.6 Å². The number of thiazole rings is 1. The van der Waals surface area contributed by atoms with Crippen LogP contribution in [0, 0.1) is 5.41 Å². The summed E-state index contributed by atoms with van der Waals surface area (Å²) in [6.45, 7) is 6.35. The first-order chi connectivity index (χ1) is 12.4. The van der Waals surface area contributed by atoms with Gasteiger partial charge >= 0.3 is 0 Å². The molecule has 1 aliphatic carbocycles. The number of aromatic nitrogens is 1. The number of hydrogen-bond donors (Lipinski definition) is 1. The van der Waals surface area contributed by atoms with E-state index in [0.29, 0.717) is 18.2 Å². The number of aryl methyl sites for hydroxylation is 3. The smallest absolute Gasteiger partial charge is 0.243 e. The van der Waals surface area contributed by atoms with Crippen molar-refractivity contribution in [2.45, 2.75) is 65.3 Å². The number of nitrogens with zero attached hydrogens (tertiary/aromatic N) is 2. The lowest BCUT2D eigenvalue weighted by Gasteiger charge is -2.29. The van der Waals surface area contributed by atoms with E-state index in [1.165, 1.54) is 34.8 Å². The Balaban J connectivity index is 1.45. The number of amides is 2. The summed E-state index contributed by atoms with van der Waals surface area (Å²) in [7, 11) is 0. The molecule has 1 fully saturated rings. The van der Waals surface area contributed by atoms with E-state index in [0.717, 1.165) is 19.3 Å². The van der Waals surface area contributed by atoms with E-state index >= 15 is 0 Å². The fraction of sp³-hybridized carbons (Fsp3) is 0.737. The van der Waals surface area contributed by atoms with Crippen LogP contribution in [0.15, 0.2) is 0 Å². The summed E-state index contributed by atoms with van der Waals surface area (Å²) in [6, 6.07) is -0.334. The van der Waals surface area contributed by atoms with Crippen LogP contribution in [-0.4, -0.2) is 45.9 Å². The first kappa shape index (κ1) is 19.7. The van der Waals surface area contributed by atoms with Gasteiger partial charge in [0.2, 0.25) is 11.8 Å². The highest BCUT2D eigenvalue weighted by atomic mass is 32.2. The van der Waals surface area contributed by atoms with Crippen LogP contribution >= 0.6 is 23.1 Å². The molecule has 2 aliphatic rings. The number of carbonyl (C=O) groups excluding carboxylic acids is 2. The quantitative estimate of drug-likeness (QED) is 0.779. The molecule has 26 heavy (non-hydrogen) atoms. The molecule has 5 nitrogen and oxygen atoms in total. The van der Waals surface area contributed by atoms with E-state index in [-0.39, 0.29) is 17.9 Å². The molecule has 1 saturated heterocycles. The lowest BCUT2D eigenvalue weighted by atomic mass is 9.94. The van der Waals surface area contributed by atoms with E-state index in [4.69, 9.17) is 4.98 Å². The summed E-state index contributed by atoms with van der Waals surface area (Å²) in [5.74, 6) is 1.33. The van der Waals surface area contributed by atoms with Crippen molar-refractivity contribution in [2.75, 3.05) is 18.2 Å². The average molecular weight is 396 g/mol. The zero-order valence-corrected chi connectivity index (χ0v) is 17.6. The monoisotopic (exact) mass is 395 g/mol. The molecule has 1 aromatic rings. The highest BCUT2D eigenvalue weighted by Crippen LogP contribution is 2.28. The van der Waals surface area contributed by atoms with Crippen molar-refractivity contribution in [3.63, 3.8) is 0 Å². The lowest BCUT2D eigenvalue weighted by Crippen LogP contribution is -2.50. The maximum absolute atomic E-state index is 12.5. The summed E-state index contributed by atoms with van der Waals surface area (Å²) in [5.41, 5.74) is 0.854. The molecule has 144 valence electrons. The average Bonchev–Trinajstić information content (AvgIpc) is 3.23. The number of rotatable bonds is 5. The molecule has 1 unspecified atom stereocenters. The molecule has 0 saturated carbocycles. The Hall–Kier alpha value is -1.08. The van der Waals surface area contributed by atoms with E-state index in [1.807, 2.05) is 32.1 Å². The van der Waals surface area contributed by atoms with Gasteiger partial charge in [-0.25, -0.2) is 4.98 Å². The third-order valence-electron chi connectivity index (χ3n) is 4.84. The van der Waals surface area contributed by atoms with Crippen LogP contribution in [-0.2, 0) is 28.9 Å². The van der Waals surface area contributed by atoms with Crippen molar-refractivity contribution in [1.82, 2.24) is 15.2 Å². The predicted octanol–water partition coefficient (Wildman–Crippen LogP) is 3.02. The molecular weight excluding hydrogens is 366 g/mol. The van der Waals surface area contributed by atoms with Crippen LogP contribution in [0.5, 0.6) is 0 Å². The van der Waals surface area contributed by atoms with Crippen LogP contribution < -0.4 is 5.32 Å². The van der Waals surface area contributed by atoms with Gasteiger partial charge < -0.3 is 10.2 Å². The Labute approximate surface area is 164 Å². The molecule has 0 aromatic carbocycles. The van der Waals surface area contributed by atoms with Crippen LogP contribution in [0.3, 0.4) is 0 Å². The SMILES string of the molecule is CC(C)(C)C(=O)N1CSCC1C(=O)NCCCc1nc2c(s1)CCCC2. The predicted molar refractivity (Wildman–Crippen MR) is 108 cm³/mol. The van der Waals surface area contributed by atoms with Crippen LogP contribution in [0.1, 0.15) is 55.6 Å². The van der Waals surface area contributed by atoms with Gasteiger partial charge in [0.25, 0.3) is 0 Å². The lowest BCUT2D eigenvalue weighted by molar-refractivity contribution is -0.144. The minimum absolute atomic E-state index is 0.0222. The maximum atomic E-state index is 12.5. The van der Waals surface area contributed by atoms with E-state index in [9.17, 15) is 9.59 Å². The van der Waals surface area contributed by atoms with Crippen LogP contribution in [0.2, 0.25) is 0 Å². The van der Waals surface area contributed by atoms with Gasteiger partial charge in [-0.15, -0.1) is 23.1 Å². The Kier molecular flexibility index (Phi) is 6.28. The second-order valence-electron chi connectivity index (χ2n) is 8.12. The number of carbonyl (C=O) groups is 2. The van der Waals surface area contributed by atoms with Crippen molar-refractivity contribution in [1.29, 1.82) is 0 Å². The highest BCUT2D eigenvalue weighted by Gasteiger charge is 2.38. The Morgan fingerprint density at radius 1 is 1.27 bits per heavy atom. The Morgan fingerprint density at radius 2 is 2.04 bits per heavy atom. The van der Waals surface area contributed by atoms with Gasteiger partial charge in [0, 0.05) is 29.0 Å². The normalized spacial score (nSPS) is 20.1. The van der Waals surface area contributed by atoms with Crippen molar-refractivity contribution >= 4 is 34.9 Å². The number of hydrogen-bond acceptors (Lipinski definition) is 5. The molecule has 0 spiro atoms. The summed E-state index contributed by atoms with van der Waals surface area (Å²) in [4.78, 5) is 33.0. The first-order valence-corrected chi connectivity index (χ1v) is 11.5. The van der Waals surface area contributed by atoms with Gasteiger partial charge in [0.05, 0.1) is 16.6 Å². The van der Waals surface area contributed by atoms with E-state index in [1.54, 1.807) is 16.7 Å². The molecule has 1 aromatic heterocycles. The Morgan fingerprint density at radius 3 is 2.77 bits per heavy atom. The van der Waals surface area contributed by atoms with Gasteiger partial charge in [-0.05, 0) is 32.1 Å². The standard InChI is InChI=1S/C19H29N3O2S2/c1-19(2,3)18(24)22-12-25-11-14(22)17(23)20-10-6-9-16-21-13-7-4-5-8-15(13)26-16/h14H,4-12H2,1-3H3,(H,20,23). The Bertz CT molecular complexity index is 643. The molecule has 1 aliphatic heterocycles.